The number of thiophene rings is 1. The quantitative estimate of drug-likeness (QED) is 0.842. The summed E-state index contributed by atoms with van der Waals surface area (Å²) in [6.45, 7) is 4.36. The Balaban J connectivity index is 1.73. The van der Waals surface area contributed by atoms with Crippen molar-refractivity contribution in [1.82, 2.24) is 5.32 Å². The maximum atomic E-state index is 11.5. The van der Waals surface area contributed by atoms with Gasteiger partial charge in [0.25, 0.3) is 0 Å². The first-order valence-corrected chi connectivity index (χ1v) is 5.98. The molecule has 0 spiro atoms. The van der Waals surface area contributed by atoms with Crippen LogP contribution in [-0.2, 0) is 16.0 Å². The van der Waals surface area contributed by atoms with E-state index in [1.165, 1.54) is 0 Å². The predicted molar refractivity (Wildman–Crippen MR) is 60.0 cm³/mol. The molecule has 1 fully saturated rings. The van der Waals surface area contributed by atoms with Crippen molar-refractivity contribution in [3.8, 4) is 0 Å². The molecule has 3 nitrogen and oxygen atoms in total. The fourth-order valence-corrected chi connectivity index (χ4v) is 2.17. The zero-order valence-corrected chi connectivity index (χ0v) is 9.60. The molecular formula is C11H15NO2S. The predicted octanol–water partition coefficient (Wildman–Crippen LogP) is 1.44. The maximum Gasteiger partial charge on any atom is 0.224 e. The summed E-state index contributed by atoms with van der Waals surface area (Å²) in [6.07, 6.45) is 0.487. The van der Waals surface area contributed by atoms with E-state index in [-0.39, 0.29) is 11.3 Å². The molecule has 1 aromatic heterocycles. The third-order valence-electron chi connectivity index (χ3n) is 2.56. The van der Waals surface area contributed by atoms with Crippen LogP contribution in [0.15, 0.2) is 16.8 Å². The summed E-state index contributed by atoms with van der Waals surface area (Å²) in [5, 5.41) is 6.95. The average Bonchev–Trinajstić information content (AvgIpc) is 2.64. The van der Waals surface area contributed by atoms with Crippen molar-refractivity contribution in [1.29, 1.82) is 0 Å². The van der Waals surface area contributed by atoms with Crippen LogP contribution in [0.2, 0.25) is 0 Å². The van der Waals surface area contributed by atoms with E-state index in [2.05, 4.69) is 12.2 Å². The first-order valence-electron chi connectivity index (χ1n) is 5.03. The minimum absolute atomic E-state index is 0.0986. The molecule has 1 aliphatic heterocycles. The van der Waals surface area contributed by atoms with E-state index in [1.807, 2.05) is 16.8 Å². The van der Waals surface area contributed by atoms with Crippen LogP contribution < -0.4 is 5.32 Å². The molecule has 0 saturated carbocycles. The van der Waals surface area contributed by atoms with E-state index in [4.69, 9.17) is 4.74 Å². The first-order chi connectivity index (χ1) is 7.18. The van der Waals surface area contributed by atoms with Crippen molar-refractivity contribution in [2.75, 3.05) is 19.8 Å². The van der Waals surface area contributed by atoms with Crippen molar-refractivity contribution in [2.45, 2.75) is 13.3 Å². The lowest BCUT2D eigenvalue weighted by Gasteiger charge is -2.38. The Hall–Kier alpha value is -0.870. The lowest BCUT2D eigenvalue weighted by molar-refractivity contribution is -0.126. The number of rotatable bonds is 4. The number of nitrogens with one attached hydrogen (secondary N) is 1. The highest BCUT2D eigenvalue weighted by atomic mass is 32.1. The molecule has 0 aromatic carbocycles. The van der Waals surface area contributed by atoms with Crippen LogP contribution in [-0.4, -0.2) is 25.7 Å². The number of hydrogen-bond acceptors (Lipinski definition) is 3. The second-order valence-corrected chi connectivity index (χ2v) is 5.17. The van der Waals surface area contributed by atoms with Gasteiger partial charge in [0.05, 0.1) is 19.6 Å². The summed E-state index contributed by atoms with van der Waals surface area (Å²) in [5.74, 6) is 0.0986. The topological polar surface area (TPSA) is 38.3 Å². The fraction of sp³-hybridized carbons (Fsp3) is 0.545. The number of hydrogen-bond donors (Lipinski definition) is 1. The van der Waals surface area contributed by atoms with Crippen LogP contribution in [0.4, 0.5) is 0 Å². The Labute approximate surface area is 93.4 Å². The standard InChI is InChI=1S/C11H15NO2S/c1-11(7-14-8-11)6-12-10(13)4-9-2-3-15-5-9/h2-3,5H,4,6-8H2,1H3,(H,12,13). The highest BCUT2D eigenvalue weighted by molar-refractivity contribution is 7.07. The second-order valence-electron chi connectivity index (χ2n) is 4.39. The van der Waals surface area contributed by atoms with Crippen molar-refractivity contribution in [2.24, 2.45) is 5.41 Å². The van der Waals surface area contributed by atoms with Gasteiger partial charge in [0.2, 0.25) is 5.91 Å². The largest absolute Gasteiger partial charge is 0.380 e. The normalized spacial score (nSPS) is 18.2. The lowest BCUT2D eigenvalue weighted by atomic mass is 9.89. The van der Waals surface area contributed by atoms with Gasteiger partial charge in [-0.2, -0.15) is 11.3 Å². The Kier molecular flexibility index (Phi) is 3.07. The number of ether oxygens (including phenoxy) is 1. The van der Waals surface area contributed by atoms with E-state index in [0.717, 1.165) is 25.3 Å². The van der Waals surface area contributed by atoms with Crippen LogP contribution in [0.5, 0.6) is 0 Å². The Bertz CT molecular complexity index is 330. The van der Waals surface area contributed by atoms with Gasteiger partial charge in [-0.1, -0.05) is 6.92 Å². The van der Waals surface area contributed by atoms with Crippen LogP contribution in [0.1, 0.15) is 12.5 Å². The lowest BCUT2D eigenvalue weighted by Crippen LogP contribution is -2.48. The molecule has 15 heavy (non-hydrogen) atoms. The van der Waals surface area contributed by atoms with E-state index in [1.54, 1.807) is 11.3 Å². The molecule has 0 atom stereocenters. The van der Waals surface area contributed by atoms with Gasteiger partial charge in [0, 0.05) is 12.0 Å². The fourth-order valence-electron chi connectivity index (χ4n) is 1.51. The molecule has 2 heterocycles. The van der Waals surface area contributed by atoms with Crippen LogP contribution in [0.25, 0.3) is 0 Å². The van der Waals surface area contributed by atoms with Crippen LogP contribution in [0, 0.1) is 5.41 Å². The van der Waals surface area contributed by atoms with Crippen molar-refractivity contribution in [3.63, 3.8) is 0 Å². The summed E-state index contributed by atoms with van der Waals surface area (Å²) >= 11 is 1.62. The van der Waals surface area contributed by atoms with E-state index in [0.29, 0.717) is 6.42 Å². The maximum absolute atomic E-state index is 11.5. The van der Waals surface area contributed by atoms with Crippen molar-refractivity contribution in [3.05, 3.63) is 22.4 Å². The Morgan fingerprint density at radius 2 is 2.47 bits per heavy atom. The van der Waals surface area contributed by atoms with Gasteiger partial charge in [-0.05, 0) is 22.4 Å². The smallest absolute Gasteiger partial charge is 0.224 e. The van der Waals surface area contributed by atoms with Crippen LogP contribution >= 0.6 is 11.3 Å². The minimum atomic E-state index is 0.0986. The summed E-state index contributed by atoms with van der Waals surface area (Å²) in [5.41, 5.74) is 1.25. The summed E-state index contributed by atoms with van der Waals surface area (Å²) < 4.78 is 5.13. The summed E-state index contributed by atoms with van der Waals surface area (Å²) in [6, 6.07) is 1.98. The molecule has 0 aliphatic carbocycles. The van der Waals surface area contributed by atoms with Gasteiger partial charge in [-0.25, -0.2) is 0 Å². The van der Waals surface area contributed by atoms with Gasteiger partial charge in [0.15, 0.2) is 0 Å². The summed E-state index contributed by atoms with van der Waals surface area (Å²) in [7, 11) is 0. The molecule has 1 N–H and O–H groups in total. The highest BCUT2D eigenvalue weighted by Gasteiger charge is 2.33. The highest BCUT2D eigenvalue weighted by Crippen LogP contribution is 2.25. The van der Waals surface area contributed by atoms with Gasteiger partial charge < -0.3 is 10.1 Å². The zero-order chi connectivity index (χ0) is 10.7. The molecule has 1 saturated heterocycles. The average molecular weight is 225 g/mol. The molecule has 0 bridgehead atoms. The van der Waals surface area contributed by atoms with Gasteiger partial charge in [-0.15, -0.1) is 0 Å². The molecule has 1 aromatic rings. The van der Waals surface area contributed by atoms with E-state index in [9.17, 15) is 4.79 Å². The summed E-state index contributed by atoms with van der Waals surface area (Å²) in [4.78, 5) is 11.5. The molecular weight excluding hydrogens is 210 g/mol. The molecule has 1 amide bonds. The molecule has 2 rings (SSSR count). The van der Waals surface area contributed by atoms with Crippen molar-refractivity contribution < 1.29 is 9.53 Å². The van der Waals surface area contributed by atoms with Gasteiger partial charge in [0.1, 0.15) is 0 Å². The second kappa shape index (κ2) is 4.33. The molecule has 0 unspecified atom stereocenters. The SMILES string of the molecule is CC1(CNC(=O)Cc2ccsc2)COC1. The van der Waals surface area contributed by atoms with Crippen LogP contribution in [0.3, 0.4) is 0 Å². The zero-order valence-electron chi connectivity index (χ0n) is 8.79. The number of carbonyl (C=O) groups is 1. The van der Waals surface area contributed by atoms with Crippen molar-refractivity contribution >= 4 is 17.2 Å². The molecule has 1 aliphatic rings. The van der Waals surface area contributed by atoms with Gasteiger partial charge >= 0.3 is 0 Å². The molecule has 4 heteroatoms. The van der Waals surface area contributed by atoms with Gasteiger partial charge in [-0.3, -0.25) is 4.79 Å². The Morgan fingerprint density at radius 3 is 3.00 bits per heavy atom. The Morgan fingerprint density at radius 1 is 1.67 bits per heavy atom. The third-order valence-corrected chi connectivity index (χ3v) is 3.29. The first kappa shape index (κ1) is 10.6. The molecule has 82 valence electrons. The number of carbonyl (C=O) groups excluding carboxylic acids is 1. The van der Waals surface area contributed by atoms with E-state index >= 15 is 0 Å². The molecule has 0 radical (unpaired) electrons. The minimum Gasteiger partial charge on any atom is -0.380 e. The third kappa shape index (κ3) is 2.79. The van der Waals surface area contributed by atoms with E-state index < -0.39 is 0 Å². The monoisotopic (exact) mass is 225 g/mol. The number of amides is 1.